The molecule has 0 aliphatic heterocycles. The normalized spacial score (nSPS) is 10.5. The summed E-state index contributed by atoms with van der Waals surface area (Å²) >= 11 is 0. The number of hydrogen-bond donors (Lipinski definition) is 1. The molecule has 1 aromatic heterocycles. The van der Waals surface area contributed by atoms with E-state index in [1.54, 1.807) is 60.0 Å². The van der Waals surface area contributed by atoms with E-state index in [0.717, 1.165) is 5.69 Å². The van der Waals surface area contributed by atoms with Crippen LogP contribution in [0.3, 0.4) is 0 Å². The first kappa shape index (κ1) is 18.2. The fourth-order valence-corrected chi connectivity index (χ4v) is 2.55. The first-order valence-electron chi connectivity index (χ1n) is 8.52. The highest BCUT2D eigenvalue weighted by Crippen LogP contribution is 2.16. The zero-order valence-corrected chi connectivity index (χ0v) is 15.4. The molecular weight excluding hydrogens is 344 g/mol. The smallest absolute Gasteiger partial charge is 0.255 e. The standard InChI is InChI=1S/C19H20N6O2/c1-4-24(3)19(27)15-8-5-7-14(11-15)18(26)20-16-9-6-10-17(12-16)25-13(2)21-22-23-25/h5-12H,4H2,1-3H3,(H,20,26). The van der Waals surface area contributed by atoms with Crippen molar-refractivity contribution >= 4 is 17.5 Å². The van der Waals surface area contributed by atoms with Gasteiger partial charge in [0.1, 0.15) is 0 Å². The quantitative estimate of drug-likeness (QED) is 0.750. The van der Waals surface area contributed by atoms with E-state index in [0.29, 0.717) is 29.2 Å². The van der Waals surface area contributed by atoms with Crippen LogP contribution in [-0.2, 0) is 0 Å². The van der Waals surface area contributed by atoms with Gasteiger partial charge in [0.15, 0.2) is 5.82 Å². The van der Waals surface area contributed by atoms with Crippen LogP contribution in [-0.4, -0.2) is 50.5 Å². The summed E-state index contributed by atoms with van der Waals surface area (Å²) in [6.45, 7) is 4.29. The van der Waals surface area contributed by atoms with Crippen LogP contribution in [0.4, 0.5) is 5.69 Å². The summed E-state index contributed by atoms with van der Waals surface area (Å²) in [5.41, 5.74) is 2.23. The van der Waals surface area contributed by atoms with Gasteiger partial charge in [-0.3, -0.25) is 9.59 Å². The third kappa shape index (κ3) is 4.00. The molecule has 8 heteroatoms. The van der Waals surface area contributed by atoms with E-state index in [9.17, 15) is 9.59 Å². The first-order chi connectivity index (χ1) is 13.0. The Hall–Kier alpha value is -3.55. The Morgan fingerprint density at radius 2 is 1.85 bits per heavy atom. The monoisotopic (exact) mass is 364 g/mol. The highest BCUT2D eigenvalue weighted by Gasteiger charge is 2.13. The van der Waals surface area contributed by atoms with Gasteiger partial charge >= 0.3 is 0 Å². The Bertz CT molecular complexity index is 982. The lowest BCUT2D eigenvalue weighted by Gasteiger charge is -2.15. The summed E-state index contributed by atoms with van der Waals surface area (Å²) in [5.74, 6) is 0.224. The van der Waals surface area contributed by atoms with E-state index in [1.165, 1.54) is 0 Å². The molecule has 1 N–H and O–H groups in total. The lowest BCUT2D eigenvalue weighted by molar-refractivity contribution is 0.0802. The van der Waals surface area contributed by atoms with Crippen LogP contribution in [0, 0.1) is 6.92 Å². The zero-order chi connectivity index (χ0) is 19.4. The van der Waals surface area contributed by atoms with Gasteiger partial charge in [0.05, 0.1) is 5.69 Å². The fraction of sp³-hybridized carbons (Fsp3) is 0.211. The van der Waals surface area contributed by atoms with Crippen molar-refractivity contribution in [2.45, 2.75) is 13.8 Å². The van der Waals surface area contributed by atoms with Crippen molar-refractivity contribution in [3.8, 4) is 5.69 Å². The number of rotatable bonds is 5. The second-order valence-electron chi connectivity index (χ2n) is 6.04. The average Bonchev–Trinajstić information content (AvgIpc) is 3.13. The number of tetrazole rings is 1. The van der Waals surface area contributed by atoms with E-state index >= 15 is 0 Å². The minimum Gasteiger partial charge on any atom is -0.342 e. The molecule has 0 aliphatic rings. The Balaban J connectivity index is 1.80. The van der Waals surface area contributed by atoms with Crippen molar-refractivity contribution in [2.75, 3.05) is 18.9 Å². The van der Waals surface area contributed by atoms with Gasteiger partial charge in [0.2, 0.25) is 0 Å². The van der Waals surface area contributed by atoms with E-state index in [1.807, 2.05) is 19.1 Å². The van der Waals surface area contributed by atoms with Crippen LogP contribution >= 0.6 is 0 Å². The number of nitrogens with zero attached hydrogens (tertiary/aromatic N) is 5. The maximum Gasteiger partial charge on any atom is 0.255 e. The van der Waals surface area contributed by atoms with Crippen molar-refractivity contribution < 1.29 is 9.59 Å². The molecule has 0 fully saturated rings. The van der Waals surface area contributed by atoms with Crippen LogP contribution in [0.5, 0.6) is 0 Å². The third-order valence-electron chi connectivity index (χ3n) is 4.17. The number of nitrogens with one attached hydrogen (secondary N) is 1. The Morgan fingerprint density at radius 1 is 1.11 bits per heavy atom. The van der Waals surface area contributed by atoms with Crippen molar-refractivity contribution in [2.24, 2.45) is 0 Å². The third-order valence-corrected chi connectivity index (χ3v) is 4.17. The molecule has 0 saturated carbocycles. The second kappa shape index (κ2) is 7.77. The van der Waals surface area contributed by atoms with Gasteiger partial charge in [0, 0.05) is 30.4 Å². The summed E-state index contributed by atoms with van der Waals surface area (Å²) in [4.78, 5) is 26.5. The topological polar surface area (TPSA) is 93.0 Å². The maximum absolute atomic E-state index is 12.6. The molecule has 27 heavy (non-hydrogen) atoms. The molecule has 3 rings (SSSR count). The predicted octanol–water partition coefficient (Wildman–Crippen LogP) is 2.31. The molecule has 0 saturated heterocycles. The SMILES string of the molecule is CCN(C)C(=O)c1cccc(C(=O)Nc2cccc(-n3nnnc3C)c2)c1. The van der Waals surface area contributed by atoms with Gasteiger partial charge in [-0.1, -0.05) is 12.1 Å². The minimum absolute atomic E-state index is 0.122. The summed E-state index contributed by atoms with van der Waals surface area (Å²) in [6, 6.07) is 13.9. The van der Waals surface area contributed by atoms with Crippen LogP contribution < -0.4 is 5.32 Å². The van der Waals surface area contributed by atoms with E-state index < -0.39 is 0 Å². The van der Waals surface area contributed by atoms with Crippen molar-refractivity contribution in [1.29, 1.82) is 0 Å². The summed E-state index contributed by atoms with van der Waals surface area (Å²) < 4.78 is 1.58. The molecule has 3 aromatic rings. The van der Waals surface area contributed by atoms with Gasteiger partial charge in [-0.15, -0.1) is 5.10 Å². The number of benzene rings is 2. The van der Waals surface area contributed by atoms with Crippen molar-refractivity contribution in [3.05, 3.63) is 65.5 Å². The second-order valence-corrected chi connectivity index (χ2v) is 6.04. The molecule has 0 spiro atoms. The summed E-state index contributed by atoms with van der Waals surface area (Å²) in [7, 11) is 1.72. The van der Waals surface area contributed by atoms with E-state index in [2.05, 4.69) is 20.8 Å². The number of amides is 2. The lowest BCUT2D eigenvalue weighted by Crippen LogP contribution is -2.26. The Morgan fingerprint density at radius 3 is 2.56 bits per heavy atom. The van der Waals surface area contributed by atoms with Gasteiger partial charge in [-0.2, -0.15) is 4.68 Å². The Kier molecular flexibility index (Phi) is 5.25. The molecular formula is C19H20N6O2. The molecule has 0 radical (unpaired) electrons. The number of carbonyl (C=O) groups excluding carboxylic acids is 2. The van der Waals surface area contributed by atoms with E-state index in [4.69, 9.17) is 0 Å². The van der Waals surface area contributed by atoms with E-state index in [-0.39, 0.29) is 11.8 Å². The summed E-state index contributed by atoms with van der Waals surface area (Å²) in [6.07, 6.45) is 0. The van der Waals surface area contributed by atoms with Crippen LogP contribution in [0.15, 0.2) is 48.5 Å². The predicted molar refractivity (Wildman–Crippen MR) is 101 cm³/mol. The first-order valence-corrected chi connectivity index (χ1v) is 8.52. The van der Waals surface area contributed by atoms with Gasteiger partial charge in [-0.25, -0.2) is 0 Å². The largest absolute Gasteiger partial charge is 0.342 e. The molecule has 0 unspecified atom stereocenters. The van der Waals surface area contributed by atoms with Crippen LogP contribution in [0.1, 0.15) is 33.5 Å². The fourth-order valence-electron chi connectivity index (χ4n) is 2.55. The molecule has 1 heterocycles. The number of aryl methyl sites for hydroxylation is 1. The maximum atomic E-state index is 12.6. The molecule has 138 valence electrons. The van der Waals surface area contributed by atoms with Crippen molar-refractivity contribution in [1.82, 2.24) is 25.1 Å². The van der Waals surface area contributed by atoms with Crippen molar-refractivity contribution in [3.63, 3.8) is 0 Å². The highest BCUT2D eigenvalue weighted by atomic mass is 16.2. The molecule has 2 aromatic carbocycles. The number of hydrogen-bond acceptors (Lipinski definition) is 5. The highest BCUT2D eigenvalue weighted by molar-refractivity contribution is 6.06. The van der Waals surface area contributed by atoms with Crippen LogP contribution in [0.25, 0.3) is 5.69 Å². The van der Waals surface area contributed by atoms with Crippen LogP contribution in [0.2, 0.25) is 0 Å². The molecule has 0 aliphatic carbocycles. The van der Waals surface area contributed by atoms with Gasteiger partial charge < -0.3 is 10.2 Å². The Labute approximate surface area is 156 Å². The number of anilines is 1. The van der Waals surface area contributed by atoms with Gasteiger partial charge in [0.25, 0.3) is 11.8 Å². The molecule has 0 atom stereocenters. The molecule has 8 nitrogen and oxygen atoms in total. The van der Waals surface area contributed by atoms with Gasteiger partial charge in [-0.05, 0) is 60.7 Å². The number of aromatic nitrogens is 4. The lowest BCUT2D eigenvalue weighted by atomic mass is 10.1. The minimum atomic E-state index is -0.297. The molecule has 2 amide bonds. The molecule has 0 bridgehead atoms. The zero-order valence-electron chi connectivity index (χ0n) is 15.4. The summed E-state index contributed by atoms with van der Waals surface area (Å²) in [5, 5.41) is 14.2. The number of carbonyl (C=O) groups is 2. The average molecular weight is 364 g/mol.